The van der Waals surface area contributed by atoms with E-state index in [1.807, 2.05) is 0 Å². The Morgan fingerprint density at radius 1 is 0.906 bits per heavy atom. The molecule has 0 aliphatic carbocycles. The molecular weight excluding hydrogens is 428 g/mol. The van der Waals surface area contributed by atoms with Crippen LogP contribution in [0.15, 0.2) is 12.1 Å². The summed E-state index contributed by atoms with van der Waals surface area (Å²) in [5, 5.41) is 0. The first-order chi connectivity index (χ1) is 14.9. The average Bonchev–Trinajstić information content (AvgIpc) is 2.65. The van der Waals surface area contributed by atoms with Crippen molar-refractivity contribution in [1.29, 1.82) is 0 Å². The maximum Gasteiger partial charge on any atom is 0.343 e. The Labute approximate surface area is 183 Å². The number of carbonyl (C=O) groups excluding carboxylic acids is 5. The zero-order chi connectivity index (χ0) is 24.2. The highest BCUT2D eigenvalue weighted by molar-refractivity contribution is 5.99. The number of hydrogen-bond acceptors (Lipinski definition) is 11. The van der Waals surface area contributed by atoms with Crippen LogP contribution < -0.4 is 9.47 Å². The van der Waals surface area contributed by atoms with Crippen molar-refractivity contribution in [3.63, 3.8) is 0 Å². The van der Waals surface area contributed by atoms with Crippen LogP contribution in [0.1, 0.15) is 43.6 Å². The van der Waals surface area contributed by atoms with Gasteiger partial charge in [0.05, 0.1) is 0 Å². The summed E-state index contributed by atoms with van der Waals surface area (Å²) in [4.78, 5) is 60.0. The van der Waals surface area contributed by atoms with Gasteiger partial charge in [0, 0.05) is 33.9 Å². The van der Waals surface area contributed by atoms with E-state index in [1.54, 1.807) is 0 Å². The molecule has 0 saturated carbocycles. The molecule has 1 aliphatic heterocycles. The third-order valence-electron chi connectivity index (χ3n) is 4.33. The summed E-state index contributed by atoms with van der Waals surface area (Å²) < 4.78 is 31.1. The number of ketones is 1. The molecule has 0 N–H and O–H groups in total. The number of methoxy groups -OCH3 is 1. The van der Waals surface area contributed by atoms with Crippen LogP contribution in [-0.4, -0.2) is 61.4 Å². The first-order valence-electron chi connectivity index (χ1n) is 9.56. The summed E-state index contributed by atoms with van der Waals surface area (Å²) in [5.74, 6) is -4.04. The van der Waals surface area contributed by atoms with Crippen molar-refractivity contribution in [2.24, 2.45) is 0 Å². The van der Waals surface area contributed by atoms with Crippen molar-refractivity contribution in [3.05, 3.63) is 23.3 Å². The Morgan fingerprint density at radius 3 is 2.06 bits per heavy atom. The molecule has 1 fully saturated rings. The van der Waals surface area contributed by atoms with E-state index in [0.717, 1.165) is 13.8 Å². The maximum absolute atomic E-state index is 13.0. The largest absolute Gasteiger partial charge is 0.452 e. The highest BCUT2D eigenvalue weighted by Crippen LogP contribution is 2.31. The highest BCUT2D eigenvalue weighted by atomic mass is 16.7. The SMILES string of the molecule is CO[C@H]1O[C@H](C)[C@@H](OC(C)=O)C(=O)[C@H]1OC(=O)c1c(C)cc(OC(C)=O)cc1OC(C)=O. The molecule has 0 amide bonds. The number of aryl methyl sites for hydroxylation is 1. The zero-order valence-corrected chi connectivity index (χ0v) is 18.5. The number of hydrogen-bond donors (Lipinski definition) is 0. The second-order valence-electron chi connectivity index (χ2n) is 7.00. The minimum absolute atomic E-state index is 0.0402. The summed E-state index contributed by atoms with van der Waals surface area (Å²) in [6.45, 7) is 6.43. The fourth-order valence-electron chi connectivity index (χ4n) is 3.13. The minimum atomic E-state index is -1.56. The van der Waals surface area contributed by atoms with Crippen LogP contribution in [0.25, 0.3) is 0 Å². The van der Waals surface area contributed by atoms with Gasteiger partial charge in [-0.1, -0.05) is 0 Å². The molecule has 1 saturated heterocycles. The molecular formula is C21H24O11. The smallest absolute Gasteiger partial charge is 0.343 e. The summed E-state index contributed by atoms with van der Waals surface area (Å²) in [7, 11) is 1.25. The van der Waals surface area contributed by atoms with Crippen LogP contribution >= 0.6 is 0 Å². The quantitative estimate of drug-likeness (QED) is 0.455. The van der Waals surface area contributed by atoms with E-state index >= 15 is 0 Å². The Bertz CT molecular complexity index is 936. The van der Waals surface area contributed by atoms with E-state index in [-0.39, 0.29) is 22.6 Å². The van der Waals surface area contributed by atoms with Crippen molar-refractivity contribution in [2.75, 3.05) is 7.11 Å². The number of esters is 4. The standard InChI is InChI=1S/C21H24O11/c1-9-7-14(29-11(3)22)8-15(30-12(4)23)16(9)20(26)32-19-17(25)18(31-13(5)24)10(2)28-21(19)27-6/h7-8,10,18-19,21H,1-6H3/t10-,18-,19-,21+/m1/s1. The molecule has 0 radical (unpaired) electrons. The Morgan fingerprint density at radius 2 is 1.53 bits per heavy atom. The lowest BCUT2D eigenvalue weighted by Crippen LogP contribution is -2.57. The number of rotatable bonds is 6. The van der Waals surface area contributed by atoms with E-state index in [2.05, 4.69) is 0 Å². The fourth-order valence-corrected chi connectivity index (χ4v) is 3.13. The molecule has 1 aromatic rings. The molecule has 0 bridgehead atoms. The summed E-state index contributed by atoms with van der Waals surface area (Å²) >= 11 is 0. The number of Topliss-reactive ketones (excluding diaryl/α,β-unsaturated/α-hetero) is 1. The van der Waals surface area contributed by atoms with Crippen LogP contribution in [0.3, 0.4) is 0 Å². The molecule has 1 aromatic carbocycles. The van der Waals surface area contributed by atoms with Gasteiger partial charge in [-0.15, -0.1) is 0 Å². The van der Waals surface area contributed by atoms with Gasteiger partial charge in [-0.25, -0.2) is 4.79 Å². The molecule has 0 aromatic heterocycles. The second-order valence-corrected chi connectivity index (χ2v) is 7.00. The van der Waals surface area contributed by atoms with E-state index in [9.17, 15) is 24.0 Å². The Kier molecular flexibility index (Phi) is 8.06. The predicted molar refractivity (Wildman–Crippen MR) is 105 cm³/mol. The lowest BCUT2D eigenvalue weighted by atomic mass is 10.0. The lowest BCUT2D eigenvalue weighted by molar-refractivity contribution is -0.242. The molecule has 2 rings (SSSR count). The van der Waals surface area contributed by atoms with Crippen molar-refractivity contribution in [1.82, 2.24) is 0 Å². The maximum atomic E-state index is 13.0. The molecule has 4 atom stereocenters. The Hall–Kier alpha value is -3.31. The van der Waals surface area contributed by atoms with Crippen molar-refractivity contribution >= 4 is 29.7 Å². The molecule has 11 heteroatoms. The number of ether oxygens (including phenoxy) is 6. The van der Waals surface area contributed by atoms with Crippen molar-refractivity contribution < 1.29 is 52.4 Å². The molecule has 174 valence electrons. The fraction of sp³-hybridized carbons (Fsp3) is 0.476. The van der Waals surface area contributed by atoms with E-state index in [0.29, 0.717) is 0 Å². The van der Waals surface area contributed by atoms with Gasteiger partial charge in [-0.3, -0.25) is 19.2 Å². The summed E-state index contributed by atoms with van der Waals surface area (Å²) in [5.41, 5.74) is 0.0643. The lowest BCUT2D eigenvalue weighted by Gasteiger charge is -2.36. The molecule has 1 aliphatic rings. The molecule has 0 unspecified atom stereocenters. The highest BCUT2D eigenvalue weighted by Gasteiger charge is 2.48. The number of carbonyl (C=O) groups is 5. The van der Waals surface area contributed by atoms with Crippen LogP contribution in [0.2, 0.25) is 0 Å². The van der Waals surface area contributed by atoms with Gasteiger partial charge in [0.15, 0.2) is 6.10 Å². The van der Waals surface area contributed by atoms with Gasteiger partial charge >= 0.3 is 23.9 Å². The van der Waals surface area contributed by atoms with Gasteiger partial charge in [0.25, 0.3) is 0 Å². The van der Waals surface area contributed by atoms with Crippen LogP contribution in [0, 0.1) is 6.92 Å². The minimum Gasteiger partial charge on any atom is -0.452 e. The molecule has 0 spiro atoms. The van der Waals surface area contributed by atoms with Gasteiger partial charge in [0.2, 0.25) is 18.2 Å². The van der Waals surface area contributed by atoms with Gasteiger partial charge < -0.3 is 28.4 Å². The third-order valence-corrected chi connectivity index (χ3v) is 4.33. The average molecular weight is 452 g/mol. The molecule has 32 heavy (non-hydrogen) atoms. The second kappa shape index (κ2) is 10.3. The monoisotopic (exact) mass is 452 g/mol. The molecule has 11 nitrogen and oxygen atoms in total. The van der Waals surface area contributed by atoms with Crippen LogP contribution in [-0.2, 0) is 38.1 Å². The van der Waals surface area contributed by atoms with E-state index < -0.39 is 54.3 Å². The van der Waals surface area contributed by atoms with Gasteiger partial charge in [-0.05, 0) is 25.5 Å². The first kappa shape index (κ1) is 25.0. The van der Waals surface area contributed by atoms with Gasteiger partial charge in [-0.2, -0.15) is 0 Å². The predicted octanol–water partition coefficient (Wildman–Crippen LogP) is 1.26. The summed E-state index contributed by atoms with van der Waals surface area (Å²) in [6.07, 6.45) is -4.97. The molecule has 1 heterocycles. The van der Waals surface area contributed by atoms with E-state index in [1.165, 1.54) is 40.0 Å². The van der Waals surface area contributed by atoms with Gasteiger partial charge in [0.1, 0.15) is 23.2 Å². The zero-order valence-electron chi connectivity index (χ0n) is 18.5. The van der Waals surface area contributed by atoms with Crippen molar-refractivity contribution in [2.45, 2.75) is 59.2 Å². The summed E-state index contributed by atoms with van der Waals surface area (Å²) in [6, 6.07) is 2.53. The number of benzene rings is 1. The topological polar surface area (TPSA) is 141 Å². The van der Waals surface area contributed by atoms with Crippen LogP contribution in [0.5, 0.6) is 11.5 Å². The van der Waals surface area contributed by atoms with Crippen molar-refractivity contribution in [3.8, 4) is 11.5 Å². The third kappa shape index (κ3) is 5.89. The van der Waals surface area contributed by atoms with E-state index in [4.69, 9.17) is 28.4 Å². The first-order valence-corrected chi connectivity index (χ1v) is 9.56. The Balaban J connectivity index is 2.40. The van der Waals surface area contributed by atoms with Crippen LogP contribution in [0.4, 0.5) is 0 Å². The normalized spacial score (nSPS) is 22.6.